The van der Waals surface area contributed by atoms with Crippen LogP contribution in [0.5, 0.6) is 0 Å². The van der Waals surface area contributed by atoms with Crippen molar-refractivity contribution in [3.05, 3.63) is 0 Å². The third kappa shape index (κ3) is 2.31. The molecule has 0 aromatic heterocycles. The minimum atomic E-state index is -0.176. The summed E-state index contributed by atoms with van der Waals surface area (Å²) in [6.45, 7) is 6.79. The minimum absolute atomic E-state index is 0.176. The molecule has 0 aromatic rings. The molecule has 0 aromatic carbocycles. The van der Waals surface area contributed by atoms with Crippen molar-refractivity contribution in [1.29, 1.82) is 0 Å². The van der Waals surface area contributed by atoms with Gasteiger partial charge in [-0.3, -0.25) is 0 Å². The largest absolute Gasteiger partial charge is 0.378 e. The first-order chi connectivity index (χ1) is 6.10. The fourth-order valence-corrected chi connectivity index (χ4v) is 2.02. The van der Waals surface area contributed by atoms with Crippen LogP contribution in [0, 0.1) is 11.3 Å². The van der Waals surface area contributed by atoms with Crippen LogP contribution in [0.1, 0.15) is 40.0 Å². The van der Waals surface area contributed by atoms with Gasteiger partial charge in [-0.25, -0.2) is 0 Å². The van der Waals surface area contributed by atoms with Crippen LogP contribution in [-0.2, 0) is 9.53 Å². The lowest BCUT2D eigenvalue weighted by Crippen LogP contribution is -2.32. The molecule has 2 nitrogen and oxygen atoms in total. The SMILES string of the molecule is CC(C)OCC1(C=O)CCCC1C. The van der Waals surface area contributed by atoms with Gasteiger partial charge in [-0.1, -0.05) is 13.3 Å². The van der Waals surface area contributed by atoms with E-state index in [0.717, 1.165) is 12.7 Å². The van der Waals surface area contributed by atoms with Crippen molar-refractivity contribution >= 4 is 6.29 Å². The maximum absolute atomic E-state index is 11.1. The van der Waals surface area contributed by atoms with Gasteiger partial charge in [0.1, 0.15) is 6.29 Å². The quantitative estimate of drug-likeness (QED) is 0.627. The monoisotopic (exact) mass is 184 g/mol. The molecule has 0 spiro atoms. The van der Waals surface area contributed by atoms with Gasteiger partial charge in [-0.15, -0.1) is 0 Å². The number of hydrogen-bond donors (Lipinski definition) is 0. The summed E-state index contributed by atoms with van der Waals surface area (Å²) in [6.07, 6.45) is 4.68. The van der Waals surface area contributed by atoms with E-state index >= 15 is 0 Å². The Morgan fingerprint density at radius 2 is 2.31 bits per heavy atom. The lowest BCUT2D eigenvalue weighted by Gasteiger charge is -2.28. The number of carbonyl (C=O) groups is 1. The minimum Gasteiger partial charge on any atom is -0.378 e. The summed E-state index contributed by atoms with van der Waals surface area (Å²) in [5, 5.41) is 0. The van der Waals surface area contributed by atoms with Crippen LogP contribution in [0.2, 0.25) is 0 Å². The van der Waals surface area contributed by atoms with Crippen molar-refractivity contribution in [2.75, 3.05) is 6.61 Å². The predicted molar refractivity (Wildman–Crippen MR) is 52.6 cm³/mol. The van der Waals surface area contributed by atoms with Gasteiger partial charge in [0.05, 0.1) is 18.1 Å². The van der Waals surface area contributed by atoms with E-state index in [9.17, 15) is 4.79 Å². The van der Waals surface area contributed by atoms with E-state index < -0.39 is 0 Å². The molecule has 76 valence electrons. The first-order valence-corrected chi connectivity index (χ1v) is 5.18. The molecule has 0 saturated heterocycles. The highest BCUT2D eigenvalue weighted by Crippen LogP contribution is 2.41. The zero-order valence-electron chi connectivity index (χ0n) is 8.88. The molecule has 2 heteroatoms. The van der Waals surface area contributed by atoms with Gasteiger partial charge in [0.2, 0.25) is 0 Å². The molecule has 1 aliphatic rings. The normalized spacial score (nSPS) is 34.0. The lowest BCUT2D eigenvalue weighted by atomic mass is 9.81. The van der Waals surface area contributed by atoms with Crippen molar-refractivity contribution in [1.82, 2.24) is 0 Å². The van der Waals surface area contributed by atoms with Crippen molar-refractivity contribution in [3.8, 4) is 0 Å². The van der Waals surface area contributed by atoms with E-state index in [1.807, 2.05) is 13.8 Å². The lowest BCUT2D eigenvalue weighted by molar-refractivity contribution is -0.123. The summed E-state index contributed by atoms with van der Waals surface area (Å²) in [4.78, 5) is 11.1. The molecule has 2 atom stereocenters. The highest BCUT2D eigenvalue weighted by Gasteiger charge is 2.40. The second-order valence-corrected chi connectivity index (χ2v) is 4.50. The maximum Gasteiger partial charge on any atom is 0.128 e. The fraction of sp³-hybridized carbons (Fsp3) is 0.909. The Balaban J connectivity index is 2.54. The van der Waals surface area contributed by atoms with Crippen molar-refractivity contribution in [2.45, 2.75) is 46.1 Å². The van der Waals surface area contributed by atoms with E-state index in [-0.39, 0.29) is 11.5 Å². The summed E-state index contributed by atoms with van der Waals surface area (Å²) in [5.74, 6) is 0.490. The van der Waals surface area contributed by atoms with Crippen LogP contribution in [0.15, 0.2) is 0 Å². The van der Waals surface area contributed by atoms with Gasteiger partial charge in [0, 0.05) is 0 Å². The summed E-state index contributed by atoms with van der Waals surface area (Å²) in [7, 11) is 0. The Bertz CT molecular complexity index is 177. The van der Waals surface area contributed by atoms with E-state index in [0.29, 0.717) is 12.5 Å². The van der Waals surface area contributed by atoms with Crippen molar-refractivity contribution < 1.29 is 9.53 Å². The molecule has 0 amide bonds. The molecule has 1 saturated carbocycles. The zero-order valence-corrected chi connectivity index (χ0v) is 8.88. The van der Waals surface area contributed by atoms with Crippen LogP contribution < -0.4 is 0 Å². The summed E-state index contributed by atoms with van der Waals surface area (Å²) < 4.78 is 5.56. The number of ether oxygens (including phenoxy) is 1. The number of rotatable bonds is 4. The summed E-state index contributed by atoms with van der Waals surface area (Å²) >= 11 is 0. The molecule has 13 heavy (non-hydrogen) atoms. The van der Waals surface area contributed by atoms with Crippen molar-refractivity contribution in [2.24, 2.45) is 11.3 Å². The fourth-order valence-electron chi connectivity index (χ4n) is 2.02. The molecule has 1 rings (SSSR count). The maximum atomic E-state index is 11.1. The van der Waals surface area contributed by atoms with Gasteiger partial charge in [-0.2, -0.15) is 0 Å². The molecule has 0 radical (unpaired) electrons. The predicted octanol–water partition coefficient (Wildman–Crippen LogP) is 2.42. The van der Waals surface area contributed by atoms with Gasteiger partial charge >= 0.3 is 0 Å². The molecule has 2 unspecified atom stereocenters. The molecule has 0 N–H and O–H groups in total. The molecule has 0 bridgehead atoms. The second kappa shape index (κ2) is 4.23. The molecule has 0 aliphatic heterocycles. The molecule has 0 heterocycles. The summed E-state index contributed by atoms with van der Waals surface area (Å²) in [5.41, 5.74) is -0.176. The molecular formula is C11H20O2. The highest BCUT2D eigenvalue weighted by atomic mass is 16.5. The average molecular weight is 184 g/mol. The van der Waals surface area contributed by atoms with Gasteiger partial charge in [-0.05, 0) is 32.6 Å². The number of hydrogen-bond acceptors (Lipinski definition) is 2. The van der Waals surface area contributed by atoms with E-state index in [1.54, 1.807) is 0 Å². The van der Waals surface area contributed by atoms with Crippen LogP contribution in [-0.4, -0.2) is 19.0 Å². The molecular weight excluding hydrogens is 164 g/mol. The highest BCUT2D eigenvalue weighted by molar-refractivity contribution is 5.60. The zero-order chi connectivity index (χ0) is 9.90. The van der Waals surface area contributed by atoms with E-state index in [1.165, 1.54) is 12.8 Å². The molecule has 1 aliphatic carbocycles. The third-order valence-corrected chi connectivity index (χ3v) is 3.18. The Morgan fingerprint density at radius 1 is 1.62 bits per heavy atom. The second-order valence-electron chi connectivity index (χ2n) is 4.50. The number of aldehydes is 1. The average Bonchev–Trinajstić information content (AvgIpc) is 2.45. The van der Waals surface area contributed by atoms with Crippen LogP contribution in [0.3, 0.4) is 0 Å². The Hall–Kier alpha value is -0.370. The Labute approximate surface area is 80.7 Å². The van der Waals surface area contributed by atoms with Crippen molar-refractivity contribution in [3.63, 3.8) is 0 Å². The van der Waals surface area contributed by atoms with Crippen LogP contribution in [0.4, 0.5) is 0 Å². The summed E-state index contributed by atoms with van der Waals surface area (Å²) in [6, 6.07) is 0. The van der Waals surface area contributed by atoms with Crippen LogP contribution in [0.25, 0.3) is 0 Å². The first kappa shape index (κ1) is 10.7. The standard InChI is InChI=1S/C11H20O2/c1-9(2)13-8-11(7-12)6-4-5-10(11)3/h7,9-10H,4-6,8H2,1-3H3. The Morgan fingerprint density at radius 3 is 2.69 bits per heavy atom. The smallest absolute Gasteiger partial charge is 0.128 e. The molecule has 1 fully saturated rings. The number of carbonyl (C=O) groups excluding carboxylic acids is 1. The van der Waals surface area contributed by atoms with E-state index in [2.05, 4.69) is 6.92 Å². The van der Waals surface area contributed by atoms with Gasteiger partial charge in [0.15, 0.2) is 0 Å². The van der Waals surface area contributed by atoms with Gasteiger partial charge < -0.3 is 9.53 Å². The van der Waals surface area contributed by atoms with Gasteiger partial charge in [0.25, 0.3) is 0 Å². The van der Waals surface area contributed by atoms with Crippen LogP contribution >= 0.6 is 0 Å². The first-order valence-electron chi connectivity index (χ1n) is 5.18. The Kier molecular flexibility index (Phi) is 3.48. The topological polar surface area (TPSA) is 26.3 Å². The third-order valence-electron chi connectivity index (χ3n) is 3.18. The van der Waals surface area contributed by atoms with E-state index in [4.69, 9.17) is 4.74 Å².